The quantitative estimate of drug-likeness (QED) is 0.789. The monoisotopic (exact) mass is 280 g/mol. The van der Waals surface area contributed by atoms with Crippen molar-refractivity contribution in [3.8, 4) is 0 Å². The molecule has 0 aliphatic heterocycles. The molecule has 0 aromatic heterocycles. The van der Waals surface area contributed by atoms with Gasteiger partial charge in [-0.1, -0.05) is 33.6 Å². The average Bonchev–Trinajstić information content (AvgIpc) is 2.86. The lowest BCUT2D eigenvalue weighted by atomic mass is 9.82. The minimum absolute atomic E-state index is 0.558. The first-order chi connectivity index (χ1) is 9.51. The molecule has 2 nitrogen and oxygen atoms in total. The van der Waals surface area contributed by atoms with Crippen LogP contribution in [-0.4, -0.2) is 37.1 Å². The Morgan fingerprint density at radius 2 is 1.70 bits per heavy atom. The van der Waals surface area contributed by atoms with Gasteiger partial charge in [0.25, 0.3) is 0 Å². The summed E-state index contributed by atoms with van der Waals surface area (Å²) >= 11 is 0. The van der Waals surface area contributed by atoms with Crippen LogP contribution in [0, 0.1) is 11.3 Å². The zero-order chi connectivity index (χ0) is 14.6. The second-order valence-electron chi connectivity index (χ2n) is 8.07. The zero-order valence-corrected chi connectivity index (χ0v) is 14.3. The molecule has 2 aliphatic rings. The highest BCUT2D eigenvalue weighted by Gasteiger charge is 2.36. The summed E-state index contributed by atoms with van der Waals surface area (Å²) in [5.41, 5.74) is 0.558. The Balaban J connectivity index is 1.87. The summed E-state index contributed by atoms with van der Waals surface area (Å²) in [6.07, 6.45) is 11.5. The van der Waals surface area contributed by atoms with Crippen molar-refractivity contribution >= 4 is 0 Å². The van der Waals surface area contributed by atoms with Gasteiger partial charge in [-0.25, -0.2) is 0 Å². The summed E-state index contributed by atoms with van der Waals surface area (Å²) in [5.74, 6) is 0.961. The Hall–Kier alpha value is -0.0800. The fourth-order valence-electron chi connectivity index (χ4n) is 4.28. The molecule has 0 heterocycles. The van der Waals surface area contributed by atoms with Crippen LogP contribution in [0.4, 0.5) is 0 Å². The van der Waals surface area contributed by atoms with Crippen LogP contribution in [0.2, 0.25) is 0 Å². The number of nitrogens with one attached hydrogen (secondary N) is 1. The van der Waals surface area contributed by atoms with Gasteiger partial charge in [-0.15, -0.1) is 0 Å². The molecule has 118 valence electrons. The Morgan fingerprint density at radius 1 is 1.10 bits per heavy atom. The fraction of sp³-hybridized carbons (Fsp3) is 1.00. The first kappa shape index (κ1) is 16.3. The predicted molar refractivity (Wildman–Crippen MR) is 88.1 cm³/mol. The van der Waals surface area contributed by atoms with Crippen LogP contribution in [0.25, 0.3) is 0 Å². The van der Waals surface area contributed by atoms with Gasteiger partial charge >= 0.3 is 0 Å². The Bertz CT molecular complexity index is 273. The van der Waals surface area contributed by atoms with Crippen LogP contribution >= 0.6 is 0 Å². The Kier molecular flexibility index (Phi) is 5.92. The predicted octanol–water partition coefficient (Wildman–Crippen LogP) is 4.06. The number of hydrogen-bond donors (Lipinski definition) is 1. The minimum Gasteiger partial charge on any atom is -0.314 e. The SMILES string of the molecule is CC1CCC(N(C)CC2(CNC(C)C)CCCC2)CC1. The highest BCUT2D eigenvalue weighted by molar-refractivity contribution is 4.91. The Labute approximate surface area is 126 Å². The number of rotatable bonds is 6. The molecular weight excluding hydrogens is 244 g/mol. The second kappa shape index (κ2) is 7.26. The van der Waals surface area contributed by atoms with Gasteiger partial charge in [-0.05, 0) is 56.9 Å². The normalized spacial score (nSPS) is 30.3. The van der Waals surface area contributed by atoms with E-state index in [0.29, 0.717) is 11.5 Å². The number of hydrogen-bond acceptors (Lipinski definition) is 2. The zero-order valence-electron chi connectivity index (χ0n) is 14.3. The van der Waals surface area contributed by atoms with E-state index in [-0.39, 0.29) is 0 Å². The molecule has 0 aromatic carbocycles. The van der Waals surface area contributed by atoms with E-state index in [2.05, 4.69) is 38.0 Å². The van der Waals surface area contributed by atoms with Crippen LogP contribution in [-0.2, 0) is 0 Å². The largest absolute Gasteiger partial charge is 0.314 e. The van der Waals surface area contributed by atoms with Crippen molar-refractivity contribution in [2.24, 2.45) is 11.3 Å². The molecule has 1 N–H and O–H groups in total. The van der Waals surface area contributed by atoms with E-state index in [0.717, 1.165) is 12.0 Å². The van der Waals surface area contributed by atoms with Gasteiger partial charge in [0.05, 0.1) is 0 Å². The molecule has 20 heavy (non-hydrogen) atoms. The molecule has 0 spiro atoms. The Morgan fingerprint density at radius 3 is 2.25 bits per heavy atom. The third-order valence-electron chi connectivity index (χ3n) is 5.74. The average molecular weight is 280 g/mol. The summed E-state index contributed by atoms with van der Waals surface area (Å²) in [6.45, 7) is 9.49. The standard InChI is InChI=1S/C18H36N2/c1-15(2)19-13-18(11-5-6-12-18)14-20(4)17-9-7-16(3)8-10-17/h15-17,19H,5-14H2,1-4H3. The summed E-state index contributed by atoms with van der Waals surface area (Å²) in [7, 11) is 2.39. The van der Waals surface area contributed by atoms with Gasteiger partial charge in [0.2, 0.25) is 0 Å². The molecule has 2 rings (SSSR count). The topological polar surface area (TPSA) is 15.3 Å². The fourth-order valence-corrected chi connectivity index (χ4v) is 4.28. The van der Waals surface area contributed by atoms with Crippen LogP contribution < -0.4 is 5.32 Å². The van der Waals surface area contributed by atoms with Gasteiger partial charge in [0.15, 0.2) is 0 Å². The van der Waals surface area contributed by atoms with E-state index >= 15 is 0 Å². The molecule has 0 saturated heterocycles. The number of nitrogens with zero attached hydrogens (tertiary/aromatic N) is 1. The highest BCUT2D eigenvalue weighted by atomic mass is 15.1. The molecule has 2 saturated carbocycles. The van der Waals surface area contributed by atoms with Gasteiger partial charge in [-0.3, -0.25) is 0 Å². The molecule has 0 amide bonds. The van der Waals surface area contributed by atoms with Crippen molar-refractivity contribution in [1.29, 1.82) is 0 Å². The first-order valence-electron chi connectivity index (χ1n) is 8.94. The molecule has 0 unspecified atom stereocenters. The van der Waals surface area contributed by atoms with Crippen molar-refractivity contribution in [2.45, 2.75) is 84.2 Å². The van der Waals surface area contributed by atoms with E-state index in [1.54, 1.807) is 0 Å². The molecular formula is C18H36N2. The first-order valence-corrected chi connectivity index (χ1v) is 8.94. The van der Waals surface area contributed by atoms with E-state index in [9.17, 15) is 0 Å². The third-order valence-corrected chi connectivity index (χ3v) is 5.74. The van der Waals surface area contributed by atoms with Gasteiger partial charge < -0.3 is 10.2 Å². The van der Waals surface area contributed by atoms with Crippen LogP contribution in [0.5, 0.6) is 0 Å². The van der Waals surface area contributed by atoms with Crippen molar-refractivity contribution < 1.29 is 0 Å². The van der Waals surface area contributed by atoms with E-state index in [1.807, 2.05) is 0 Å². The summed E-state index contributed by atoms with van der Waals surface area (Å²) in [6, 6.07) is 1.47. The van der Waals surface area contributed by atoms with E-state index in [4.69, 9.17) is 0 Å². The van der Waals surface area contributed by atoms with Crippen molar-refractivity contribution in [3.05, 3.63) is 0 Å². The maximum absolute atomic E-state index is 3.72. The molecule has 0 atom stereocenters. The maximum atomic E-state index is 3.72. The summed E-state index contributed by atoms with van der Waals surface area (Å²) < 4.78 is 0. The molecule has 2 heteroatoms. The third kappa shape index (κ3) is 4.46. The van der Waals surface area contributed by atoms with Crippen LogP contribution in [0.15, 0.2) is 0 Å². The van der Waals surface area contributed by atoms with Crippen LogP contribution in [0.1, 0.15) is 72.1 Å². The van der Waals surface area contributed by atoms with E-state index in [1.165, 1.54) is 64.5 Å². The lowest BCUT2D eigenvalue weighted by molar-refractivity contribution is 0.103. The van der Waals surface area contributed by atoms with Gasteiger partial charge in [-0.2, -0.15) is 0 Å². The van der Waals surface area contributed by atoms with E-state index < -0.39 is 0 Å². The maximum Gasteiger partial charge on any atom is 0.00926 e. The lowest BCUT2D eigenvalue weighted by Crippen LogP contribution is -2.46. The molecule has 0 bridgehead atoms. The highest BCUT2D eigenvalue weighted by Crippen LogP contribution is 2.39. The van der Waals surface area contributed by atoms with Crippen LogP contribution in [0.3, 0.4) is 0 Å². The van der Waals surface area contributed by atoms with Crippen molar-refractivity contribution in [2.75, 3.05) is 20.1 Å². The van der Waals surface area contributed by atoms with Crippen molar-refractivity contribution in [1.82, 2.24) is 10.2 Å². The lowest BCUT2D eigenvalue weighted by Gasteiger charge is -2.40. The van der Waals surface area contributed by atoms with Gasteiger partial charge in [0.1, 0.15) is 0 Å². The summed E-state index contributed by atoms with van der Waals surface area (Å²) in [5, 5.41) is 3.72. The molecule has 2 fully saturated rings. The summed E-state index contributed by atoms with van der Waals surface area (Å²) in [4.78, 5) is 2.71. The molecule has 0 aromatic rings. The van der Waals surface area contributed by atoms with Crippen molar-refractivity contribution in [3.63, 3.8) is 0 Å². The smallest absolute Gasteiger partial charge is 0.00926 e. The van der Waals surface area contributed by atoms with Gasteiger partial charge in [0, 0.05) is 25.2 Å². The minimum atomic E-state index is 0.558. The second-order valence-corrected chi connectivity index (χ2v) is 8.07. The molecule has 0 radical (unpaired) electrons. The molecule has 2 aliphatic carbocycles.